The Morgan fingerprint density at radius 1 is 1.32 bits per heavy atom. The van der Waals surface area contributed by atoms with Crippen molar-refractivity contribution < 1.29 is 14.7 Å². The number of nitrogens with one attached hydrogen (secondary N) is 1. The fourth-order valence-corrected chi connectivity index (χ4v) is 2.30. The quantitative estimate of drug-likeness (QED) is 0.802. The first kappa shape index (κ1) is 15.6. The van der Waals surface area contributed by atoms with Gasteiger partial charge in [0, 0.05) is 18.2 Å². The molecule has 4 nitrogen and oxygen atoms in total. The highest BCUT2D eigenvalue weighted by molar-refractivity contribution is 7.98. The molecule has 1 rings (SSSR count). The Bertz CT molecular complexity index is 431. The first-order valence-corrected chi connectivity index (χ1v) is 7.53. The molecule has 0 fully saturated rings. The fraction of sp³-hybridized carbons (Fsp3) is 0.429. The summed E-state index contributed by atoms with van der Waals surface area (Å²) in [7, 11) is 0. The predicted molar refractivity (Wildman–Crippen MR) is 77.7 cm³/mol. The molecule has 19 heavy (non-hydrogen) atoms. The van der Waals surface area contributed by atoms with Gasteiger partial charge in [0.2, 0.25) is 5.91 Å². The lowest BCUT2D eigenvalue weighted by Gasteiger charge is -2.10. The molecule has 5 heteroatoms. The van der Waals surface area contributed by atoms with E-state index in [-0.39, 0.29) is 17.4 Å². The number of thioether (sulfide) groups is 1. The van der Waals surface area contributed by atoms with Gasteiger partial charge in [0.25, 0.3) is 0 Å². The Labute approximate surface area is 117 Å². The molecule has 1 unspecified atom stereocenters. The van der Waals surface area contributed by atoms with Crippen LogP contribution in [0.2, 0.25) is 0 Å². The number of amides is 1. The molecule has 2 N–H and O–H groups in total. The average molecular weight is 281 g/mol. The van der Waals surface area contributed by atoms with Crippen LogP contribution in [0.3, 0.4) is 0 Å². The van der Waals surface area contributed by atoms with Gasteiger partial charge in [0.05, 0.1) is 5.56 Å². The van der Waals surface area contributed by atoms with Crippen LogP contribution in [0.25, 0.3) is 0 Å². The minimum absolute atomic E-state index is 0.0180. The summed E-state index contributed by atoms with van der Waals surface area (Å²) in [4.78, 5) is 22.4. The fourth-order valence-electron chi connectivity index (χ4n) is 1.64. The van der Waals surface area contributed by atoms with Crippen LogP contribution in [0, 0.1) is 5.92 Å². The van der Waals surface area contributed by atoms with Gasteiger partial charge in [-0.05, 0) is 30.4 Å². The smallest absolute Gasteiger partial charge is 0.335 e. The Morgan fingerprint density at radius 2 is 1.95 bits per heavy atom. The van der Waals surface area contributed by atoms with Crippen LogP contribution in [0.4, 0.5) is 0 Å². The molecule has 0 heterocycles. The standard InChI is InChI=1S/C14H19NO3S/c1-10(9-19-2)13(16)15-8-7-11-3-5-12(6-4-11)14(17)18/h3-6,10H,7-9H2,1-2H3,(H,15,16)(H,17,18). The number of hydrogen-bond donors (Lipinski definition) is 2. The molecule has 1 amide bonds. The first-order valence-electron chi connectivity index (χ1n) is 6.13. The zero-order chi connectivity index (χ0) is 14.3. The van der Waals surface area contributed by atoms with E-state index in [1.807, 2.05) is 13.2 Å². The van der Waals surface area contributed by atoms with Crippen molar-refractivity contribution in [3.63, 3.8) is 0 Å². The summed E-state index contributed by atoms with van der Waals surface area (Å²) in [5.41, 5.74) is 1.30. The molecule has 1 aromatic rings. The maximum absolute atomic E-state index is 11.7. The third-order valence-corrected chi connectivity index (χ3v) is 3.61. The van der Waals surface area contributed by atoms with Gasteiger partial charge in [-0.15, -0.1) is 0 Å². The van der Waals surface area contributed by atoms with E-state index >= 15 is 0 Å². The monoisotopic (exact) mass is 281 g/mol. The third kappa shape index (κ3) is 5.34. The number of carbonyl (C=O) groups excluding carboxylic acids is 1. The second-order valence-electron chi connectivity index (χ2n) is 4.40. The number of benzene rings is 1. The van der Waals surface area contributed by atoms with Crippen molar-refractivity contribution in [2.75, 3.05) is 18.6 Å². The summed E-state index contributed by atoms with van der Waals surface area (Å²) in [5.74, 6) is -0.0225. The third-order valence-electron chi connectivity index (χ3n) is 2.78. The number of carboxylic acids is 1. The number of rotatable bonds is 7. The summed E-state index contributed by atoms with van der Waals surface area (Å²) in [6.45, 7) is 2.48. The van der Waals surface area contributed by atoms with E-state index in [9.17, 15) is 9.59 Å². The van der Waals surface area contributed by atoms with Crippen LogP contribution in [-0.2, 0) is 11.2 Å². The van der Waals surface area contributed by atoms with Crippen LogP contribution in [0.15, 0.2) is 24.3 Å². The van der Waals surface area contributed by atoms with E-state index in [4.69, 9.17) is 5.11 Å². The SMILES string of the molecule is CSCC(C)C(=O)NCCc1ccc(C(=O)O)cc1. The molecule has 0 aromatic heterocycles. The highest BCUT2D eigenvalue weighted by atomic mass is 32.2. The largest absolute Gasteiger partial charge is 0.478 e. The van der Waals surface area contributed by atoms with E-state index in [1.165, 1.54) is 0 Å². The van der Waals surface area contributed by atoms with Crippen molar-refractivity contribution in [3.05, 3.63) is 35.4 Å². The van der Waals surface area contributed by atoms with E-state index in [2.05, 4.69) is 5.32 Å². The predicted octanol–water partition coefficient (Wildman–Crippen LogP) is 2.04. The van der Waals surface area contributed by atoms with Gasteiger partial charge in [-0.2, -0.15) is 11.8 Å². The molecule has 0 radical (unpaired) electrons. The molecule has 0 saturated carbocycles. The summed E-state index contributed by atoms with van der Waals surface area (Å²) in [5, 5.41) is 11.7. The van der Waals surface area contributed by atoms with Crippen LogP contribution in [0.5, 0.6) is 0 Å². The lowest BCUT2D eigenvalue weighted by atomic mass is 10.1. The highest BCUT2D eigenvalue weighted by Crippen LogP contribution is 2.06. The van der Waals surface area contributed by atoms with Gasteiger partial charge in [-0.1, -0.05) is 19.1 Å². The molecule has 104 valence electrons. The van der Waals surface area contributed by atoms with Crippen molar-refractivity contribution in [3.8, 4) is 0 Å². The topological polar surface area (TPSA) is 66.4 Å². The maximum atomic E-state index is 11.7. The molecule has 1 aromatic carbocycles. The molecular weight excluding hydrogens is 262 g/mol. The first-order chi connectivity index (χ1) is 9.04. The van der Waals surface area contributed by atoms with Crippen LogP contribution in [-0.4, -0.2) is 35.5 Å². The summed E-state index contributed by atoms with van der Waals surface area (Å²) < 4.78 is 0. The average Bonchev–Trinajstić information content (AvgIpc) is 2.39. The second-order valence-corrected chi connectivity index (χ2v) is 5.31. The van der Waals surface area contributed by atoms with E-state index in [0.717, 1.165) is 11.3 Å². The molecule has 0 spiro atoms. The van der Waals surface area contributed by atoms with Crippen molar-refractivity contribution in [2.24, 2.45) is 5.92 Å². The molecule has 0 saturated heterocycles. The van der Waals surface area contributed by atoms with Gasteiger partial charge in [-0.25, -0.2) is 4.79 Å². The van der Waals surface area contributed by atoms with Gasteiger partial charge < -0.3 is 10.4 Å². The number of carbonyl (C=O) groups is 2. The lowest BCUT2D eigenvalue weighted by molar-refractivity contribution is -0.123. The highest BCUT2D eigenvalue weighted by Gasteiger charge is 2.11. The zero-order valence-electron chi connectivity index (χ0n) is 11.2. The summed E-state index contributed by atoms with van der Waals surface area (Å²) in [6.07, 6.45) is 2.69. The number of carboxylic acid groups (broad SMARTS) is 1. The molecule has 0 aliphatic carbocycles. The van der Waals surface area contributed by atoms with Gasteiger partial charge >= 0.3 is 5.97 Å². The van der Waals surface area contributed by atoms with Crippen molar-refractivity contribution in [1.29, 1.82) is 0 Å². The summed E-state index contributed by atoms with van der Waals surface area (Å²) in [6, 6.07) is 6.72. The van der Waals surface area contributed by atoms with Crippen LogP contribution < -0.4 is 5.32 Å². The minimum atomic E-state index is -0.925. The van der Waals surface area contributed by atoms with Crippen molar-refractivity contribution >= 4 is 23.6 Å². The van der Waals surface area contributed by atoms with E-state index in [0.29, 0.717) is 13.0 Å². The van der Waals surface area contributed by atoms with Crippen LogP contribution >= 0.6 is 11.8 Å². The Hall–Kier alpha value is -1.49. The second kappa shape index (κ2) is 7.84. The Morgan fingerprint density at radius 3 is 2.47 bits per heavy atom. The maximum Gasteiger partial charge on any atom is 0.335 e. The van der Waals surface area contributed by atoms with E-state index < -0.39 is 5.97 Å². The number of hydrogen-bond acceptors (Lipinski definition) is 3. The number of aromatic carboxylic acids is 1. The van der Waals surface area contributed by atoms with Gasteiger partial charge in [0.15, 0.2) is 0 Å². The van der Waals surface area contributed by atoms with Crippen molar-refractivity contribution in [1.82, 2.24) is 5.32 Å². The zero-order valence-corrected chi connectivity index (χ0v) is 12.0. The molecule has 1 atom stereocenters. The van der Waals surface area contributed by atoms with Gasteiger partial charge in [-0.3, -0.25) is 4.79 Å². The molecule has 0 aliphatic heterocycles. The molecular formula is C14H19NO3S. The van der Waals surface area contributed by atoms with Gasteiger partial charge in [0.1, 0.15) is 0 Å². The minimum Gasteiger partial charge on any atom is -0.478 e. The van der Waals surface area contributed by atoms with E-state index in [1.54, 1.807) is 36.0 Å². The van der Waals surface area contributed by atoms with Crippen molar-refractivity contribution in [2.45, 2.75) is 13.3 Å². The Balaban J connectivity index is 2.37. The lowest BCUT2D eigenvalue weighted by Crippen LogP contribution is -2.31. The van der Waals surface area contributed by atoms with Crippen LogP contribution in [0.1, 0.15) is 22.8 Å². The Kier molecular flexibility index (Phi) is 6.42. The summed E-state index contributed by atoms with van der Waals surface area (Å²) >= 11 is 1.66. The molecule has 0 bridgehead atoms. The normalized spacial score (nSPS) is 11.9. The molecule has 0 aliphatic rings.